The van der Waals surface area contributed by atoms with Gasteiger partial charge in [-0.05, 0) is 69.7 Å². The van der Waals surface area contributed by atoms with Gasteiger partial charge >= 0.3 is 0 Å². The van der Waals surface area contributed by atoms with Crippen molar-refractivity contribution >= 4 is 80.7 Å². The van der Waals surface area contributed by atoms with Gasteiger partial charge in [-0.25, -0.2) is 0 Å². The number of likely N-dealkylation sites (tertiary alicyclic amines) is 1. The van der Waals surface area contributed by atoms with E-state index in [1.54, 1.807) is 38.1 Å². The zero-order valence-corrected chi connectivity index (χ0v) is 40.5. The van der Waals surface area contributed by atoms with Gasteiger partial charge in [-0.3, -0.25) is 47.9 Å². The Labute approximate surface area is 403 Å². The first kappa shape index (κ1) is 56.7. The highest BCUT2D eigenvalue weighted by Crippen LogP contribution is 2.26. The zero-order valence-electron chi connectivity index (χ0n) is 38.8. The topological polar surface area (TPSA) is 366 Å². The molecule has 2 heterocycles. The number of benzene rings is 1. The van der Waals surface area contributed by atoms with E-state index in [9.17, 15) is 53.1 Å². The fourth-order valence-electron chi connectivity index (χ4n) is 7.29. The number of aliphatic hydroxyl groups excluding tert-OH is 1. The van der Waals surface area contributed by atoms with E-state index < -0.39 is 126 Å². The summed E-state index contributed by atoms with van der Waals surface area (Å²) in [6, 6.07) is -2.62. The van der Waals surface area contributed by atoms with Crippen molar-refractivity contribution < 1.29 is 57.8 Å². The number of aliphatic hydroxyl groups is 1. The van der Waals surface area contributed by atoms with Gasteiger partial charge in [0.2, 0.25) is 59.1 Å². The molecule has 0 saturated carbocycles. The molecule has 14 N–H and O–H groups in total. The number of hydrogen-bond donors (Lipinski definition) is 11. The van der Waals surface area contributed by atoms with Crippen LogP contribution in [0, 0.1) is 5.92 Å². The highest BCUT2D eigenvalue weighted by molar-refractivity contribution is 8.76. The Hall–Kier alpha value is -5.66. The van der Waals surface area contributed by atoms with Gasteiger partial charge in [-0.2, -0.15) is 0 Å². The summed E-state index contributed by atoms with van der Waals surface area (Å²) in [6.07, 6.45) is -1.05. The SMILES string of the molecule is CCOc1ccc(C[C@H]2NC(=O)CCSSC[C@@H](C(=O)N3CCC[C@H]3C(=O)N[C@@H](CCCN)C(=O)NCC(N)=O)NC(=O)[C@H](CC(N)=O)NC(=O)[C@H]([C@@H](C)O)NC(=O)[C@@H]([C@H](C)CC)NC2=O)cc1. The van der Waals surface area contributed by atoms with Gasteiger partial charge in [0, 0.05) is 30.9 Å². The number of hydrogen-bond acceptors (Lipinski definition) is 15. The van der Waals surface area contributed by atoms with Gasteiger partial charge in [0.1, 0.15) is 48.0 Å². The molecule has 2 fully saturated rings. The predicted molar refractivity (Wildman–Crippen MR) is 253 cm³/mol. The molecule has 9 atom stereocenters. The summed E-state index contributed by atoms with van der Waals surface area (Å²) in [7, 11) is 2.27. The third kappa shape index (κ3) is 18.1. The number of nitrogens with zero attached hydrogens (tertiary/aromatic N) is 1. The maximum absolute atomic E-state index is 14.4. The van der Waals surface area contributed by atoms with E-state index in [2.05, 4.69) is 37.2 Å². The Kier molecular flexibility index (Phi) is 23.8. The molecule has 0 radical (unpaired) electrons. The molecule has 2 saturated heterocycles. The highest BCUT2D eigenvalue weighted by Gasteiger charge is 2.41. The largest absolute Gasteiger partial charge is 0.494 e. The van der Waals surface area contributed by atoms with Gasteiger partial charge in [0.15, 0.2) is 0 Å². The Morgan fingerprint density at radius 2 is 1.53 bits per heavy atom. The van der Waals surface area contributed by atoms with E-state index in [4.69, 9.17) is 21.9 Å². The lowest BCUT2D eigenvalue weighted by Crippen LogP contribution is -2.63. The molecule has 1 aromatic carbocycles. The molecule has 2 aliphatic heterocycles. The van der Waals surface area contributed by atoms with Gasteiger partial charge < -0.3 is 69.2 Å². The third-order valence-electron chi connectivity index (χ3n) is 11.2. The van der Waals surface area contributed by atoms with E-state index in [-0.39, 0.29) is 50.3 Å². The van der Waals surface area contributed by atoms with Crippen molar-refractivity contribution in [3.8, 4) is 5.75 Å². The van der Waals surface area contributed by atoms with Crippen molar-refractivity contribution in [2.24, 2.45) is 23.1 Å². The van der Waals surface area contributed by atoms with Crippen molar-refractivity contribution in [3.63, 3.8) is 0 Å². The standard InChI is InChI=1S/C43H67N11O12S2/c1-5-23(3)35-41(63)53-36(24(4)55)42(64)50-29(20-32(45)56)38(60)51-30(43(65)54-17-8-10-31(54)40(62)49-27(9-7-16-44)37(59)47-21-33(46)57)22-68-67-18-15-34(58)48-28(39(61)52-35)19-25-11-13-26(14-12-25)66-6-2/h11-14,23-24,27-31,35-36,55H,5-10,15-22,44H2,1-4H3,(H2,45,56)(H2,46,57)(H,47,59)(H,48,58)(H,49,62)(H,50,64)(H,51,60)(H,52,61)(H,53,63)/t23-,24-,27+,28-,29+,30+,31+,35-,36+/m1/s1. The maximum atomic E-state index is 14.4. The summed E-state index contributed by atoms with van der Waals surface area (Å²) in [4.78, 5) is 135. The quantitative estimate of drug-likeness (QED) is 0.0652. The van der Waals surface area contributed by atoms with Gasteiger partial charge in [-0.1, -0.05) is 54.0 Å². The number of rotatable bonds is 18. The van der Waals surface area contributed by atoms with Gasteiger partial charge in [0.05, 0.1) is 25.7 Å². The van der Waals surface area contributed by atoms with Crippen LogP contribution in [-0.4, -0.2) is 155 Å². The zero-order chi connectivity index (χ0) is 50.5. The van der Waals surface area contributed by atoms with Crippen molar-refractivity contribution in [1.82, 2.24) is 42.1 Å². The summed E-state index contributed by atoms with van der Waals surface area (Å²) in [5.74, 6) is -8.07. The Morgan fingerprint density at radius 1 is 0.868 bits per heavy atom. The minimum Gasteiger partial charge on any atom is -0.494 e. The Balaban J connectivity index is 1.99. The first-order valence-electron chi connectivity index (χ1n) is 22.6. The smallest absolute Gasteiger partial charge is 0.246 e. The monoisotopic (exact) mass is 993 g/mol. The second-order valence-corrected chi connectivity index (χ2v) is 19.1. The third-order valence-corrected chi connectivity index (χ3v) is 13.6. The number of nitrogens with two attached hydrogens (primary N) is 3. The predicted octanol–water partition coefficient (Wildman–Crippen LogP) is -3.04. The van der Waals surface area contributed by atoms with Crippen LogP contribution in [0.3, 0.4) is 0 Å². The highest BCUT2D eigenvalue weighted by atomic mass is 33.1. The second-order valence-electron chi connectivity index (χ2n) is 16.5. The van der Waals surface area contributed by atoms with Crippen LogP contribution < -0.4 is 59.2 Å². The number of nitrogens with one attached hydrogen (secondary N) is 7. The Morgan fingerprint density at radius 3 is 2.15 bits per heavy atom. The molecule has 0 bridgehead atoms. The van der Waals surface area contributed by atoms with Crippen LogP contribution in [0.5, 0.6) is 5.75 Å². The van der Waals surface area contributed by atoms with E-state index in [1.807, 2.05) is 6.92 Å². The number of amides is 10. The normalized spacial score (nSPS) is 23.8. The summed E-state index contributed by atoms with van der Waals surface area (Å²) in [5.41, 5.74) is 17.0. The molecule has 68 heavy (non-hydrogen) atoms. The summed E-state index contributed by atoms with van der Waals surface area (Å²) in [6.45, 7) is 6.72. The molecular formula is C43H67N11O12S2. The fraction of sp³-hybridized carbons (Fsp3) is 0.628. The van der Waals surface area contributed by atoms with Gasteiger partial charge in [-0.15, -0.1) is 0 Å². The number of carbonyl (C=O) groups excluding carboxylic acids is 10. The fourth-order valence-corrected chi connectivity index (χ4v) is 9.44. The number of primary amides is 2. The van der Waals surface area contributed by atoms with Crippen LogP contribution in [0.15, 0.2) is 24.3 Å². The molecule has 1 aromatic rings. The number of carbonyl (C=O) groups is 10. The molecule has 0 aliphatic carbocycles. The molecule has 0 unspecified atom stereocenters. The van der Waals surface area contributed by atoms with Crippen LogP contribution in [0.2, 0.25) is 0 Å². The van der Waals surface area contributed by atoms with Gasteiger partial charge in [0.25, 0.3) is 0 Å². The average Bonchev–Trinajstić information content (AvgIpc) is 3.79. The molecule has 3 rings (SSSR count). The van der Waals surface area contributed by atoms with Crippen LogP contribution >= 0.6 is 21.6 Å². The number of ether oxygens (including phenoxy) is 1. The van der Waals surface area contributed by atoms with Crippen molar-refractivity contribution in [2.75, 3.05) is 37.7 Å². The minimum absolute atomic E-state index is 0.0243. The summed E-state index contributed by atoms with van der Waals surface area (Å²) < 4.78 is 5.53. The molecule has 25 heteroatoms. The second kappa shape index (κ2) is 28.6. The molecule has 0 aromatic heterocycles. The first-order valence-corrected chi connectivity index (χ1v) is 25.1. The van der Waals surface area contributed by atoms with E-state index >= 15 is 0 Å². The van der Waals surface area contributed by atoms with Crippen molar-refractivity contribution in [2.45, 2.75) is 127 Å². The van der Waals surface area contributed by atoms with E-state index in [1.165, 1.54) is 22.6 Å². The lowest BCUT2D eigenvalue weighted by Gasteiger charge is -2.31. The van der Waals surface area contributed by atoms with Crippen LogP contribution in [0.25, 0.3) is 0 Å². The first-order chi connectivity index (χ1) is 32.3. The minimum atomic E-state index is -1.74. The molecule has 23 nitrogen and oxygen atoms in total. The van der Waals surface area contributed by atoms with Crippen LogP contribution in [0.4, 0.5) is 0 Å². The molecule has 0 spiro atoms. The maximum Gasteiger partial charge on any atom is 0.246 e. The molecule has 378 valence electrons. The Bertz CT molecular complexity index is 1950. The summed E-state index contributed by atoms with van der Waals surface area (Å²) in [5, 5.41) is 28.7. The molecular weight excluding hydrogens is 927 g/mol. The van der Waals surface area contributed by atoms with Crippen molar-refractivity contribution in [1.29, 1.82) is 0 Å². The van der Waals surface area contributed by atoms with Crippen LogP contribution in [-0.2, 0) is 54.4 Å². The molecule has 2 aliphatic rings. The van der Waals surface area contributed by atoms with Crippen LogP contribution in [0.1, 0.15) is 78.2 Å². The average molecular weight is 994 g/mol. The summed E-state index contributed by atoms with van der Waals surface area (Å²) >= 11 is 0. The van der Waals surface area contributed by atoms with E-state index in [0.717, 1.165) is 10.8 Å². The molecule has 10 amide bonds. The lowest BCUT2D eigenvalue weighted by molar-refractivity contribution is -0.142. The van der Waals surface area contributed by atoms with E-state index in [0.29, 0.717) is 37.2 Å². The lowest BCUT2D eigenvalue weighted by atomic mass is 9.96. The van der Waals surface area contributed by atoms with Crippen molar-refractivity contribution in [3.05, 3.63) is 29.8 Å².